The maximum Gasteiger partial charge on any atom is 0.310 e. The van der Waals surface area contributed by atoms with Crippen molar-refractivity contribution in [3.8, 4) is 0 Å². The molecule has 0 aliphatic rings. The molecule has 0 radical (unpaired) electrons. The summed E-state index contributed by atoms with van der Waals surface area (Å²) in [6.45, 7) is 3.96. The van der Waals surface area contributed by atoms with Crippen molar-refractivity contribution in [2.45, 2.75) is 20.3 Å². The molecular formula is C14H14O3S. The van der Waals surface area contributed by atoms with Gasteiger partial charge in [0.2, 0.25) is 0 Å². The van der Waals surface area contributed by atoms with Crippen LogP contribution in [0, 0.1) is 6.92 Å². The van der Waals surface area contributed by atoms with Crippen LogP contribution in [0.15, 0.2) is 29.1 Å². The first-order chi connectivity index (χ1) is 8.63. The predicted octanol–water partition coefficient (Wildman–Crippen LogP) is 2.68. The van der Waals surface area contributed by atoms with Gasteiger partial charge in [-0.05, 0) is 26.0 Å². The highest BCUT2D eigenvalue weighted by Crippen LogP contribution is 2.21. The molecule has 0 atom stereocenters. The molecule has 1 aromatic heterocycles. The van der Waals surface area contributed by atoms with E-state index in [0.717, 1.165) is 9.58 Å². The highest BCUT2D eigenvalue weighted by Gasteiger charge is 2.13. The lowest BCUT2D eigenvalue weighted by Gasteiger charge is -2.06. The largest absolute Gasteiger partial charge is 0.466 e. The molecule has 0 bridgehead atoms. The van der Waals surface area contributed by atoms with Crippen LogP contribution in [0.1, 0.15) is 17.4 Å². The number of carbonyl (C=O) groups is 1. The molecule has 3 nitrogen and oxygen atoms in total. The molecule has 0 N–H and O–H groups in total. The van der Waals surface area contributed by atoms with Crippen LogP contribution in [0.4, 0.5) is 0 Å². The van der Waals surface area contributed by atoms with Crippen molar-refractivity contribution in [3.63, 3.8) is 0 Å². The van der Waals surface area contributed by atoms with Crippen LogP contribution in [-0.2, 0) is 16.0 Å². The number of benzene rings is 1. The van der Waals surface area contributed by atoms with Crippen LogP contribution in [-0.4, -0.2) is 12.6 Å². The third-order valence-electron chi connectivity index (χ3n) is 2.72. The van der Waals surface area contributed by atoms with Gasteiger partial charge in [-0.1, -0.05) is 12.1 Å². The molecule has 0 unspecified atom stereocenters. The Morgan fingerprint density at radius 3 is 2.78 bits per heavy atom. The Balaban J connectivity index is 2.51. The van der Waals surface area contributed by atoms with Gasteiger partial charge in [-0.3, -0.25) is 9.59 Å². The third kappa shape index (κ3) is 2.43. The van der Waals surface area contributed by atoms with Gasteiger partial charge < -0.3 is 4.74 Å². The SMILES string of the molecule is CCOC(=O)Cc1c(C)sc2ccccc2c1=O. The summed E-state index contributed by atoms with van der Waals surface area (Å²) < 4.78 is 5.85. The topological polar surface area (TPSA) is 43.4 Å². The summed E-state index contributed by atoms with van der Waals surface area (Å²) in [4.78, 5) is 24.7. The first-order valence-electron chi connectivity index (χ1n) is 5.80. The summed E-state index contributed by atoms with van der Waals surface area (Å²) in [7, 11) is 0. The van der Waals surface area contributed by atoms with Gasteiger partial charge in [0.15, 0.2) is 5.43 Å². The van der Waals surface area contributed by atoms with Crippen LogP contribution in [0.3, 0.4) is 0 Å². The summed E-state index contributed by atoms with van der Waals surface area (Å²) in [6, 6.07) is 7.45. The maximum atomic E-state index is 12.3. The first-order valence-corrected chi connectivity index (χ1v) is 6.62. The van der Waals surface area contributed by atoms with Gasteiger partial charge in [-0.25, -0.2) is 0 Å². The Kier molecular flexibility index (Phi) is 3.77. The number of carbonyl (C=O) groups excluding carboxylic acids is 1. The number of esters is 1. The number of fused-ring (bicyclic) bond motifs is 1. The summed E-state index contributed by atoms with van der Waals surface area (Å²) in [6.07, 6.45) is 0.0554. The van der Waals surface area contributed by atoms with Gasteiger partial charge in [0, 0.05) is 20.5 Å². The van der Waals surface area contributed by atoms with Crippen molar-refractivity contribution in [3.05, 3.63) is 44.9 Å². The average Bonchev–Trinajstić information content (AvgIpc) is 2.35. The standard InChI is InChI=1S/C14H14O3S/c1-3-17-13(15)8-11-9(2)18-12-7-5-4-6-10(12)14(11)16/h4-7H,3,8H2,1-2H3. The number of aryl methyl sites for hydroxylation is 1. The Morgan fingerprint density at radius 2 is 2.06 bits per heavy atom. The van der Waals surface area contributed by atoms with Crippen molar-refractivity contribution in [2.24, 2.45) is 0 Å². The van der Waals surface area contributed by atoms with E-state index in [1.54, 1.807) is 13.0 Å². The molecule has 2 rings (SSSR count). The monoisotopic (exact) mass is 262 g/mol. The van der Waals surface area contributed by atoms with Crippen molar-refractivity contribution in [2.75, 3.05) is 6.61 Å². The van der Waals surface area contributed by atoms with E-state index in [0.29, 0.717) is 17.6 Å². The van der Waals surface area contributed by atoms with Crippen LogP contribution < -0.4 is 5.43 Å². The van der Waals surface area contributed by atoms with E-state index < -0.39 is 0 Å². The second-order valence-corrected chi connectivity index (χ2v) is 5.20. The first kappa shape index (κ1) is 12.8. The second kappa shape index (κ2) is 5.31. The summed E-state index contributed by atoms with van der Waals surface area (Å²) in [5.41, 5.74) is 0.493. The van der Waals surface area contributed by atoms with Gasteiger partial charge in [0.1, 0.15) is 0 Å². The van der Waals surface area contributed by atoms with Crippen LogP contribution >= 0.6 is 11.3 Å². The Bertz CT molecular complexity index is 643. The van der Waals surface area contributed by atoms with E-state index in [2.05, 4.69) is 0 Å². The Hall–Kier alpha value is -1.68. The van der Waals surface area contributed by atoms with E-state index in [1.165, 1.54) is 11.3 Å². The number of hydrogen-bond acceptors (Lipinski definition) is 4. The van der Waals surface area contributed by atoms with Crippen molar-refractivity contribution in [1.82, 2.24) is 0 Å². The van der Waals surface area contributed by atoms with E-state index in [-0.39, 0.29) is 17.8 Å². The third-order valence-corrected chi connectivity index (χ3v) is 3.85. The second-order valence-electron chi connectivity index (χ2n) is 3.94. The average molecular weight is 262 g/mol. The molecule has 0 saturated carbocycles. The molecular weight excluding hydrogens is 248 g/mol. The molecule has 0 aliphatic carbocycles. The van der Waals surface area contributed by atoms with Crippen LogP contribution in [0.5, 0.6) is 0 Å². The normalized spacial score (nSPS) is 10.6. The summed E-state index contributed by atoms with van der Waals surface area (Å²) in [5, 5.41) is 0.674. The zero-order chi connectivity index (χ0) is 13.1. The number of hydrogen-bond donors (Lipinski definition) is 0. The molecule has 94 valence electrons. The predicted molar refractivity (Wildman–Crippen MR) is 73.2 cm³/mol. The van der Waals surface area contributed by atoms with E-state index >= 15 is 0 Å². The highest BCUT2D eigenvalue weighted by atomic mass is 32.1. The van der Waals surface area contributed by atoms with Crippen LogP contribution in [0.25, 0.3) is 10.1 Å². The number of rotatable bonds is 3. The fourth-order valence-corrected chi connectivity index (χ4v) is 2.89. The molecule has 18 heavy (non-hydrogen) atoms. The lowest BCUT2D eigenvalue weighted by Crippen LogP contribution is -2.17. The summed E-state index contributed by atoms with van der Waals surface area (Å²) in [5.74, 6) is -0.347. The fraction of sp³-hybridized carbons (Fsp3) is 0.286. The summed E-state index contributed by atoms with van der Waals surface area (Å²) >= 11 is 1.53. The minimum atomic E-state index is -0.347. The molecule has 2 aromatic rings. The lowest BCUT2D eigenvalue weighted by molar-refractivity contribution is -0.142. The maximum absolute atomic E-state index is 12.3. The smallest absolute Gasteiger partial charge is 0.310 e. The van der Waals surface area contributed by atoms with Crippen molar-refractivity contribution >= 4 is 27.4 Å². The van der Waals surface area contributed by atoms with E-state index in [4.69, 9.17) is 4.74 Å². The molecule has 4 heteroatoms. The van der Waals surface area contributed by atoms with Gasteiger partial charge in [-0.15, -0.1) is 11.3 Å². The van der Waals surface area contributed by atoms with Gasteiger partial charge in [-0.2, -0.15) is 0 Å². The Morgan fingerprint density at radius 1 is 1.33 bits per heavy atom. The molecule has 1 heterocycles. The zero-order valence-electron chi connectivity index (χ0n) is 10.4. The number of ether oxygens (including phenoxy) is 1. The molecule has 0 saturated heterocycles. The van der Waals surface area contributed by atoms with Gasteiger partial charge in [0.25, 0.3) is 0 Å². The Labute approximate surface area is 109 Å². The van der Waals surface area contributed by atoms with Gasteiger partial charge in [0.05, 0.1) is 13.0 Å². The van der Waals surface area contributed by atoms with Crippen molar-refractivity contribution < 1.29 is 9.53 Å². The van der Waals surface area contributed by atoms with Gasteiger partial charge >= 0.3 is 5.97 Å². The lowest BCUT2D eigenvalue weighted by atomic mass is 10.1. The van der Waals surface area contributed by atoms with E-state index in [9.17, 15) is 9.59 Å². The minimum Gasteiger partial charge on any atom is -0.466 e. The highest BCUT2D eigenvalue weighted by molar-refractivity contribution is 7.18. The molecule has 0 aliphatic heterocycles. The van der Waals surface area contributed by atoms with Crippen LogP contribution in [0.2, 0.25) is 0 Å². The molecule has 0 amide bonds. The molecule has 1 aromatic carbocycles. The van der Waals surface area contributed by atoms with E-state index in [1.807, 2.05) is 25.1 Å². The zero-order valence-corrected chi connectivity index (χ0v) is 11.2. The fourth-order valence-electron chi connectivity index (χ4n) is 1.85. The molecule has 0 spiro atoms. The molecule has 0 fully saturated rings. The van der Waals surface area contributed by atoms with Crippen molar-refractivity contribution in [1.29, 1.82) is 0 Å². The minimum absolute atomic E-state index is 0.0554. The quantitative estimate of drug-likeness (QED) is 0.799.